The number of carbonyl (C=O) groups excluding carboxylic acids is 1. The Bertz CT molecular complexity index is 977. The highest BCUT2D eigenvalue weighted by Gasteiger charge is 2.09. The van der Waals surface area contributed by atoms with E-state index in [9.17, 15) is 4.79 Å². The number of hydrogen-bond donors (Lipinski definition) is 3. The van der Waals surface area contributed by atoms with Crippen LogP contribution >= 0.6 is 12.2 Å². The largest absolute Gasteiger partial charge is 0.459 e. The van der Waals surface area contributed by atoms with Crippen molar-refractivity contribution < 1.29 is 14.3 Å². The van der Waals surface area contributed by atoms with E-state index in [1.807, 2.05) is 56.3 Å². The molecule has 0 aliphatic carbocycles. The highest BCUT2D eigenvalue weighted by molar-refractivity contribution is 7.80. The second-order valence-electron chi connectivity index (χ2n) is 6.21. The molecule has 0 bridgehead atoms. The monoisotopic (exact) mass is 380 g/mol. The van der Waals surface area contributed by atoms with E-state index in [0.29, 0.717) is 17.1 Å². The topological polar surface area (TPSA) is 74.5 Å². The Balaban J connectivity index is 1.62. The van der Waals surface area contributed by atoms with E-state index < -0.39 is 0 Å². The molecule has 2 aromatic carbocycles. The third kappa shape index (κ3) is 4.61. The highest BCUT2D eigenvalue weighted by atomic mass is 32.1. The van der Waals surface area contributed by atoms with Crippen LogP contribution in [0.15, 0.2) is 59.0 Å². The predicted molar refractivity (Wildman–Crippen MR) is 110 cm³/mol. The lowest BCUT2D eigenvalue weighted by Crippen LogP contribution is -2.34. The van der Waals surface area contributed by atoms with E-state index >= 15 is 0 Å². The molecule has 5 nitrogen and oxygen atoms in total. The second-order valence-corrected chi connectivity index (χ2v) is 6.62. The van der Waals surface area contributed by atoms with Crippen molar-refractivity contribution in [2.75, 3.05) is 5.32 Å². The summed E-state index contributed by atoms with van der Waals surface area (Å²) < 4.78 is 5.51. The number of aryl methyl sites for hydroxylation is 2. The molecule has 3 N–H and O–H groups in total. The van der Waals surface area contributed by atoms with Gasteiger partial charge in [0, 0.05) is 16.8 Å². The molecule has 0 unspecified atom stereocenters. The number of amides is 1. The van der Waals surface area contributed by atoms with Gasteiger partial charge in [-0.05, 0) is 85.7 Å². The summed E-state index contributed by atoms with van der Waals surface area (Å²) in [5.41, 5.74) is 4.38. The lowest BCUT2D eigenvalue weighted by Gasteiger charge is -2.11. The molecule has 0 spiro atoms. The normalized spacial score (nSPS) is 10.5. The van der Waals surface area contributed by atoms with Gasteiger partial charge in [0.1, 0.15) is 18.1 Å². The molecule has 0 fully saturated rings. The Kier molecular flexibility index (Phi) is 5.69. The summed E-state index contributed by atoms with van der Waals surface area (Å²) in [4.78, 5) is 12.3. The molecule has 1 heterocycles. The van der Waals surface area contributed by atoms with Crippen molar-refractivity contribution in [3.63, 3.8) is 0 Å². The highest BCUT2D eigenvalue weighted by Crippen LogP contribution is 2.23. The van der Waals surface area contributed by atoms with Crippen LogP contribution in [0.25, 0.3) is 11.3 Å². The van der Waals surface area contributed by atoms with Gasteiger partial charge in [0.2, 0.25) is 0 Å². The maximum atomic E-state index is 12.3. The molecule has 3 aromatic rings. The van der Waals surface area contributed by atoms with Crippen molar-refractivity contribution in [2.45, 2.75) is 20.5 Å². The number of anilines is 1. The number of thiocarbonyl (C=S) groups is 1. The van der Waals surface area contributed by atoms with Gasteiger partial charge in [0.15, 0.2) is 5.11 Å². The van der Waals surface area contributed by atoms with Crippen molar-refractivity contribution in [3.8, 4) is 11.3 Å². The van der Waals surface area contributed by atoms with Gasteiger partial charge in [-0.15, -0.1) is 0 Å². The van der Waals surface area contributed by atoms with Gasteiger partial charge >= 0.3 is 0 Å². The van der Waals surface area contributed by atoms with Crippen molar-refractivity contribution in [3.05, 3.63) is 77.0 Å². The third-order valence-electron chi connectivity index (χ3n) is 4.24. The van der Waals surface area contributed by atoms with Gasteiger partial charge < -0.3 is 14.8 Å². The van der Waals surface area contributed by atoms with Crippen LogP contribution in [0, 0.1) is 13.8 Å². The quantitative estimate of drug-likeness (QED) is 0.592. The number of aliphatic hydroxyl groups excluding tert-OH is 1. The van der Waals surface area contributed by atoms with E-state index in [2.05, 4.69) is 10.6 Å². The Morgan fingerprint density at radius 1 is 1.04 bits per heavy atom. The Morgan fingerprint density at radius 2 is 1.78 bits per heavy atom. The molecule has 1 aromatic heterocycles. The van der Waals surface area contributed by atoms with E-state index in [0.717, 1.165) is 22.4 Å². The van der Waals surface area contributed by atoms with E-state index in [4.69, 9.17) is 21.7 Å². The van der Waals surface area contributed by atoms with Gasteiger partial charge in [-0.3, -0.25) is 10.1 Å². The fourth-order valence-electron chi connectivity index (χ4n) is 2.56. The summed E-state index contributed by atoms with van der Waals surface area (Å²) in [5, 5.41) is 15.0. The molecule has 0 atom stereocenters. The second kappa shape index (κ2) is 8.16. The zero-order chi connectivity index (χ0) is 19.4. The summed E-state index contributed by atoms with van der Waals surface area (Å²) >= 11 is 5.23. The minimum absolute atomic E-state index is 0.131. The predicted octanol–water partition coefficient (Wildman–Crippen LogP) is 4.18. The van der Waals surface area contributed by atoms with Gasteiger partial charge in [-0.2, -0.15) is 0 Å². The molecule has 0 radical (unpaired) electrons. The molecule has 0 saturated carbocycles. The molecule has 6 heteroatoms. The molecule has 0 aliphatic rings. The number of aliphatic hydroxyl groups is 1. The van der Waals surface area contributed by atoms with Crippen LogP contribution in [0.2, 0.25) is 0 Å². The van der Waals surface area contributed by atoms with Crippen LogP contribution in [-0.2, 0) is 6.61 Å². The molecule has 3 rings (SSSR count). The Hall–Kier alpha value is -2.96. The Labute approximate surface area is 163 Å². The summed E-state index contributed by atoms with van der Waals surface area (Å²) in [7, 11) is 0. The molecule has 27 heavy (non-hydrogen) atoms. The molecule has 0 aliphatic heterocycles. The lowest BCUT2D eigenvalue weighted by molar-refractivity contribution is 0.0977. The maximum absolute atomic E-state index is 12.3. The van der Waals surface area contributed by atoms with Crippen LogP contribution in [0.3, 0.4) is 0 Å². The summed E-state index contributed by atoms with van der Waals surface area (Å²) in [6.07, 6.45) is 0. The number of rotatable bonds is 4. The number of furan rings is 1. The van der Waals surface area contributed by atoms with E-state index in [1.165, 1.54) is 0 Å². The van der Waals surface area contributed by atoms with Crippen LogP contribution < -0.4 is 10.6 Å². The van der Waals surface area contributed by atoms with Gasteiger partial charge in [-0.1, -0.05) is 6.07 Å². The lowest BCUT2D eigenvalue weighted by atomic mass is 10.1. The molecule has 138 valence electrons. The van der Waals surface area contributed by atoms with Crippen molar-refractivity contribution >= 4 is 28.9 Å². The molecular weight excluding hydrogens is 360 g/mol. The number of benzene rings is 2. The first kappa shape index (κ1) is 18.8. The average molecular weight is 380 g/mol. The SMILES string of the molecule is Cc1ccc(C(=O)NC(=S)Nc2ccc(-c3ccc(CO)o3)cc2)cc1C. The van der Waals surface area contributed by atoms with Crippen molar-refractivity contribution in [1.29, 1.82) is 0 Å². The summed E-state index contributed by atoms with van der Waals surface area (Å²) in [6, 6.07) is 16.5. The number of carbonyl (C=O) groups is 1. The number of hydrogen-bond acceptors (Lipinski definition) is 4. The standard InChI is InChI=1S/C21H20N2O3S/c1-13-3-4-16(11-14(13)2)20(25)23-21(27)22-17-7-5-15(6-8-17)19-10-9-18(12-24)26-19/h3-11,24H,12H2,1-2H3,(H2,22,23,25,27). The van der Waals surface area contributed by atoms with Crippen LogP contribution in [0.4, 0.5) is 5.69 Å². The van der Waals surface area contributed by atoms with Gasteiger partial charge in [-0.25, -0.2) is 0 Å². The molecule has 0 saturated heterocycles. The first-order valence-electron chi connectivity index (χ1n) is 8.46. The first-order valence-corrected chi connectivity index (χ1v) is 8.86. The molecule has 1 amide bonds. The van der Waals surface area contributed by atoms with Crippen molar-refractivity contribution in [2.24, 2.45) is 0 Å². The Morgan fingerprint density at radius 3 is 2.41 bits per heavy atom. The zero-order valence-electron chi connectivity index (χ0n) is 15.1. The minimum Gasteiger partial charge on any atom is -0.459 e. The summed E-state index contributed by atoms with van der Waals surface area (Å²) in [6.45, 7) is 3.83. The van der Waals surface area contributed by atoms with Gasteiger partial charge in [0.05, 0.1) is 0 Å². The minimum atomic E-state index is -0.251. The van der Waals surface area contributed by atoms with E-state index in [-0.39, 0.29) is 17.6 Å². The van der Waals surface area contributed by atoms with Crippen molar-refractivity contribution in [1.82, 2.24) is 5.32 Å². The van der Waals surface area contributed by atoms with Gasteiger partial charge in [0.25, 0.3) is 5.91 Å². The summed E-state index contributed by atoms with van der Waals surface area (Å²) in [5.74, 6) is 0.943. The third-order valence-corrected chi connectivity index (χ3v) is 4.45. The van der Waals surface area contributed by atoms with Crippen LogP contribution in [0.1, 0.15) is 27.2 Å². The van der Waals surface area contributed by atoms with Crippen LogP contribution in [0.5, 0.6) is 0 Å². The van der Waals surface area contributed by atoms with Crippen LogP contribution in [-0.4, -0.2) is 16.1 Å². The zero-order valence-corrected chi connectivity index (χ0v) is 15.9. The van der Waals surface area contributed by atoms with E-state index in [1.54, 1.807) is 12.1 Å². The molecular formula is C21H20N2O3S. The maximum Gasteiger partial charge on any atom is 0.257 e. The smallest absolute Gasteiger partial charge is 0.257 e. The fourth-order valence-corrected chi connectivity index (χ4v) is 2.77. The first-order chi connectivity index (χ1) is 13.0. The fraction of sp³-hybridized carbons (Fsp3) is 0.143. The number of nitrogens with one attached hydrogen (secondary N) is 2. The average Bonchev–Trinajstić information content (AvgIpc) is 3.13.